The van der Waals surface area contributed by atoms with Gasteiger partial charge in [-0.15, -0.1) is 0 Å². The molecule has 0 aromatic heterocycles. The van der Waals surface area contributed by atoms with Crippen LogP contribution in [0.5, 0.6) is 5.75 Å². The number of carbonyl (C=O) groups excluding carboxylic acids is 2. The Morgan fingerprint density at radius 2 is 1.85 bits per heavy atom. The molecule has 5 heteroatoms. The highest BCUT2D eigenvalue weighted by atomic mass is 19.1. The summed E-state index contributed by atoms with van der Waals surface area (Å²) in [6.07, 6.45) is -0.823. The van der Waals surface area contributed by atoms with E-state index in [-0.39, 0.29) is 11.5 Å². The number of amides is 1. The van der Waals surface area contributed by atoms with Crippen LogP contribution < -0.4 is 10.1 Å². The molecule has 102 valence electrons. The second-order valence-electron chi connectivity index (χ2n) is 4.08. The largest absolute Gasteiger partial charge is 0.417 e. The monoisotopic (exact) mass is 273 g/mol. The first-order valence-electron chi connectivity index (χ1n) is 5.90. The third-order valence-corrected chi connectivity index (χ3v) is 2.55. The maximum absolute atomic E-state index is 13.3. The van der Waals surface area contributed by atoms with Gasteiger partial charge in [0.2, 0.25) is 0 Å². The van der Waals surface area contributed by atoms with Crippen molar-refractivity contribution in [2.24, 2.45) is 0 Å². The van der Waals surface area contributed by atoms with Crippen LogP contribution in [-0.4, -0.2) is 11.9 Å². The Labute approximate surface area is 115 Å². The average molecular weight is 273 g/mol. The molecule has 20 heavy (non-hydrogen) atoms. The number of hydrogen-bond donors (Lipinski definition) is 1. The first-order valence-corrected chi connectivity index (χ1v) is 5.90. The first kappa shape index (κ1) is 13.7. The minimum Gasteiger partial charge on any atom is -0.407 e. The van der Waals surface area contributed by atoms with Gasteiger partial charge in [0, 0.05) is 11.3 Å². The molecular weight excluding hydrogens is 261 g/mol. The predicted molar refractivity (Wildman–Crippen MR) is 72.5 cm³/mol. The van der Waals surface area contributed by atoms with Crippen molar-refractivity contribution in [1.29, 1.82) is 0 Å². The molecule has 0 radical (unpaired) electrons. The molecule has 0 saturated heterocycles. The van der Waals surface area contributed by atoms with E-state index in [2.05, 4.69) is 5.32 Å². The molecule has 2 aromatic carbocycles. The van der Waals surface area contributed by atoms with Crippen molar-refractivity contribution in [3.8, 4) is 5.75 Å². The van der Waals surface area contributed by atoms with Crippen molar-refractivity contribution >= 4 is 17.6 Å². The van der Waals surface area contributed by atoms with Crippen LogP contribution in [0.15, 0.2) is 48.5 Å². The summed E-state index contributed by atoms with van der Waals surface area (Å²) in [4.78, 5) is 22.9. The van der Waals surface area contributed by atoms with Crippen molar-refractivity contribution in [2.45, 2.75) is 6.92 Å². The van der Waals surface area contributed by atoms with E-state index in [0.29, 0.717) is 11.3 Å². The second-order valence-corrected chi connectivity index (χ2v) is 4.08. The quantitative estimate of drug-likeness (QED) is 0.868. The Hall–Kier alpha value is -2.69. The van der Waals surface area contributed by atoms with Gasteiger partial charge in [-0.05, 0) is 31.2 Å². The third kappa shape index (κ3) is 3.41. The van der Waals surface area contributed by atoms with E-state index in [1.807, 2.05) is 0 Å². The second kappa shape index (κ2) is 5.97. The molecule has 0 bridgehead atoms. The molecule has 0 aliphatic heterocycles. The molecule has 2 aromatic rings. The van der Waals surface area contributed by atoms with E-state index in [4.69, 9.17) is 4.74 Å². The van der Waals surface area contributed by atoms with Crippen LogP contribution in [0.1, 0.15) is 17.3 Å². The van der Waals surface area contributed by atoms with Gasteiger partial charge in [-0.25, -0.2) is 9.18 Å². The zero-order valence-corrected chi connectivity index (χ0v) is 10.7. The highest BCUT2D eigenvalue weighted by Gasteiger charge is 2.09. The fraction of sp³-hybridized carbons (Fsp3) is 0.0667. The summed E-state index contributed by atoms with van der Waals surface area (Å²) in [5.41, 5.74) is 0.868. The van der Waals surface area contributed by atoms with Crippen LogP contribution in [0.2, 0.25) is 0 Å². The maximum Gasteiger partial charge on any atom is 0.417 e. The Balaban J connectivity index is 2.07. The van der Waals surface area contributed by atoms with Crippen molar-refractivity contribution in [2.75, 3.05) is 5.32 Å². The highest BCUT2D eigenvalue weighted by Crippen LogP contribution is 2.17. The summed E-state index contributed by atoms with van der Waals surface area (Å²) in [7, 11) is 0. The van der Waals surface area contributed by atoms with Gasteiger partial charge in [0.15, 0.2) is 17.3 Å². The standard InChI is InChI=1S/C15H12FNO3/c1-10(18)11-5-4-6-12(9-11)17-15(19)20-14-8-3-2-7-13(14)16/h2-9H,1H3,(H,17,19). The van der Waals surface area contributed by atoms with E-state index in [1.165, 1.54) is 31.2 Å². The number of ketones is 1. The lowest BCUT2D eigenvalue weighted by Gasteiger charge is -2.07. The van der Waals surface area contributed by atoms with Gasteiger partial charge >= 0.3 is 6.09 Å². The molecule has 0 saturated carbocycles. The van der Waals surface area contributed by atoms with Crippen molar-refractivity contribution in [3.05, 3.63) is 59.9 Å². The van der Waals surface area contributed by atoms with Gasteiger partial charge in [-0.2, -0.15) is 0 Å². The number of carbonyl (C=O) groups is 2. The minimum atomic E-state index is -0.823. The molecule has 2 rings (SSSR count). The van der Waals surface area contributed by atoms with E-state index in [9.17, 15) is 14.0 Å². The van der Waals surface area contributed by atoms with Crippen molar-refractivity contribution in [1.82, 2.24) is 0 Å². The number of nitrogens with one attached hydrogen (secondary N) is 1. The lowest BCUT2D eigenvalue weighted by molar-refractivity contribution is 0.101. The van der Waals surface area contributed by atoms with Gasteiger partial charge in [0.1, 0.15) is 0 Å². The number of rotatable bonds is 3. The molecule has 4 nitrogen and oxygen atoms in total. The smallest absolute Gasteiger partial charge is 0.407 e. The number of ether oxygens (including phenoxy) is 1. The number of benzene rings is 2. The van der Waals surface area contributed by atoms with Crippen molar-refractivity contribution < 1.29 is 18.7 Å². The average Bonchev–Trinajstić information content (AvgIpc) is 2.41. The fourth-order valence-corrected chi connectivity index (χ4v) is 1.59. The lowest BCUT2D eigenvalue weighted by atomic mass is 10.1. The SMILES string of the molecule is CC(=O)c1cccc(NC(=O)Oc2ccccc2F)c1. The normalized spacial score (nSPS) is 9.90. The molecular formula is C15H12FNO3. The van der Waals surface area contributed by atoms with Crippen LogP contribution in [0, 0.1) is 5.82 Å². The number of Topliss-reactive ketones (excluding diaryl/α,β-unsaturated/α-hetero) is 1. The van der Waals surface area contributed by atoms with Gasteiger partial charge in [-0.3, -0.25) is 10.1 Å². The molecule has 0 heterocycles. The molecule has 1 N–H and O–H groups in total. The summed E-state index contributed by atoms with van der Waals surface area (Å²) in [6.45, 7) is 1.43. The number of halogens is 1. The number of anilines is 1. The zero-order chi connectivity index (χ0) is 14.5. The van der Waals surface area contributed by atoms with Crippen LogP contribution in [0.4, 0.5) is 14.9 Å². The fourth-order valence-electron chi connectivity index (χ4n) is 1.59. The highest BCUT2D eigenvalue weighted by molar-refractivity contribution is 5.96. The van der Waals surface area contributed by atoms with Crippen LogP contribution >= 0.6 is 0 Å². The van der Waals surface area contributed by atoms with Crippen molar-refractivity contribution in [3.63, 3.8) is 0 Å². The molecule has 0 aliphatic carbocycles. The minimum absolute atomic E-state index is 0.115. The third-order valence-electron chi connectivity index (χ3n) is 2.55. The van der Waals surface area contributed by atoms with Crippen LogP contribution in [-0.2, 0) is 0 Å². The number of para-hydroxylation sites is 1. The zero-order valence-electron chi connectivity index (χ0n) is 10.7. The van der Waals surface area contributed by atoms with Gasteiger partial charge < -0.3 is 4.74 Å². The molecule has 0 aliphatic rings. The summed E-state index contributed by atoms with van der Waals surface area (Å²) >= 11 is 0. The lowest BCUT2D eigenvalue weighted by Crippen LogP contribution is -2.17. The topological polar surface area (TPSA) is 55.4 Å². The molecule has 0 fully saturated rings. The van der Waals surface area contributed by atoms with Crippen LogP contribution in [0.25, 0.3) is 0 Å². The Bertz CT molecular complexity index is 655. The summed E-state index contributed by atoms with van der Waals surface area (Å²) in [6, 6.07) is 12.0. The summed E-state index contributed by atoms with van der Waals surface area (Å²) < 4.78 is 18.1. The maximum atomic E-state index is 13.3. The molecule has 0 atom stereocenters. The summed E-state index contributed by atoms with van der Waals surface area (Å²) in [5, 5.41) is 2.43. The van der Waals surface area contributed by atoms with E-state index in [1.54, 1.807) is 24.3 Å². The van der Waals surface area contributed by atoms with E-state index < -0.39 is 11.9 Å². The van der Waals surface area contributed by atoms with E-state index >= 15 is 0 Å². The molecule has 1 amide bonds. The Kier molecular flexibility index (Phi) is 4.10. The van der Waals surface area contributed by atoms with Gasteiger partial charge in [0.05, 0.1) is 0 Å². The molecule has 0 spiro atoms. The molecule has 0 unspecified atom stereocenters. The Morgan fingerprint density at radius 1 is 1.10 bits per heavy atom. The predicted octanol–water partition coefficient (Wildman–Crippen LogP) is 3.64. The Morgan fingerprint density at radius 3 is 2.55 bits per heavy atom. The summed E-state index contributed by atoms with van der Waals surface area (Å²) in [5.74, 6) is -0.899. The van der Waals surface area contributed by atoms with E-state index in [0.717, 1.165) is 0 Å². The first-order chi connectivity index (χ1) is 9.56. The van der Waals surface area contributed by atoms with Gasteiger partial charge in [0.25, 0.3) is 0 Å². The van der Waals surface area contributed by atoms with Crippen LogP contribution in [0.3, 0.4) is 0 Å². The van der Waals surface area contributed by atoms with Gasteiger partial charge in [-0.1, -0.05) is 24.3 Å². The number of hydrogen-bond acceptors (Lipinski definition) is 3.